The lowest BCUT2D eigenvalue weighted by molar-refractivity contribution is 0.0695. The van der Waals surface area contributed by atoms with Gasteiger partial charge in [0.1, 0.15) is 0 Å². The van der Waals surface area contributed by atoms with Gasteiger partial charge in [0.05, 0.1) is 5.56 Å². The Morgan fingerprint density at radius 1 is 1.24 bits per heavy atom. The van der Waals surface area contributed by atoms with Crippen molar-refractivity contribution in [1.82, 2.24) is 4.90 Å². The van der Waals surface area contributed by atoms with Crippen molar-refractivity contribution in [1.29, 1.82) is 0 Å². The van der Waals surface area contributed by atoms with Crippen molar-refractivity contribution < 1.29 is 14.7 Å². The number of nitrogens with zero attached hydrogens (tertiary/aromatic N) is 1. The lowest BCUT2D eigenvalue weighted by atomic mass is 9.96. The van der Waals surface area contributed by atoms with Crippen LogP contribution in [0.5, 0.6) is 0 Å². The van der Waals surface area contributed by atoms with E-state index >= 15 is 0 Å². The third-order valence-electron chi connectivity index (χ3n) is 2.96. The number of carbonyl (C=O) groups is 2. The summed E-state index contributed by atoms with van der Waals surface area (Å²) in [4.78, 5) is 24.7. The molecule has 0 atom stereocenters. The zero-order valence-corrected chi connectivity index (χ0v) is 9.93. The molecule has 1 fully saturated rings. The van der Waals surface area contributed by atoms with Crippen molar-refractivity contribution >= 4 is 11.9 Å². The standard InChI is InChI=1S/C13H15NO3/c1-14(2)12(15)9-4-3-5-10(13(16)17)11(9)8-6-7-8/h3-5,8H,6-7H2,1-2H3,(H,16,17). The van der Waals surface area contributed by atoms with Gasteiger partial charge in [-0.25, -0.2) is 4.79 Å². The maximum atomic E-state index is 12.0. The SMILES string of the molecule is CN(C)C(=O)c1cccc(C(=O)O)c1C1CC1. The molecule has 1 aromatic carbocycles. The van der Waals surface area contributed by atoms with Crippen molar-refractivity contribution in [2.24, 2.45) is 0 Å². The molecule has 1 N–H and O–H groups in total. The van der Waals surface area contributed by atoms with Crippen LogP contribution in [0.25, 0.3) is 0 Å². The van der Waals surface area contributed by atoms with Gasteiger partial charge < -0.3 is 10.0 Å². The van der Waals surface area contributed by atoms with Crippen LogP contribution in [0.1, 0.15) is 45.0 Å². The molecule has 4 heteroatoms. The van der Waals surface area contributed by atoms with E-state index in [0.29, 0.717) is 11.1 Å². The largest absolute Gasteiger partial charge is 0.478 e. The first-order valence-corrected chi connectivity index (χ1v) is 5.60. The molecule has 0 spiro atoms. The monoisotopic (exact) mass is 233 g/mol. The topological polar surface area (TPSA) is 57.6 Å². The van der Waals surface area contributed by atoms with E-state index in [1.165, 1.54) is 4.90 Å². The molecule has 90 valence electrons. The Bertz CT molecular complexity index is 476. The highest BCUT2D eigenvalue weighted by Gasteiger charge is 2.32. The number of carbonyl (C=O) groups excluding carboxylic acids is 1. The number of hydrogen-bond donors (Lipinski definition) is 1. The van der Waals surface area contributed by atoms with Crippen molar-refractivity contribution in [3.63, 3.8) is 0 Å². The molecule has 0 radical (unpaired) electrons. The summed E-state index contributed by atoms with van der Waals surface area (Å²) in [6, 6.07) is 4.91. The first-order chi connectivity index (χ1) is 8.02. The first-order valence-electron chi connectivity index (χ1n) is 5.60. The number of hydrogen-bond acceptors (Lipinski definition) is 2. The molecule has 2 rings (SSSR count). The number of benzene rings is 1. The van der Waals surface area contributed by atoms with Crippen LogP contribution in [0.3, 0.4) is 0 Å². The van der Waals surface area contributed by atoms with Gasteiger partial charge >= 0.3 is 5.97 Å². The van der Waals surface area contributed by atoms with Crippen LogP contribution in [0, 0.1) is 0 Å². The highest BCUT2D eigenvalue weighted by atomic mass is 16.4. The summed E-state index contributed by atoms with van der Waals surface area (Å²) in [5.41, 5.74) is 1.50. The van der Waals surface area contributed by atoms with Gasteiger partial charge in [0, 0.05) is 19.7 Å². The molecular weight excluding hydrogens is 218 g/mol. The second-order valence-electron chi connectivity index (χ2n) is 4.55. The molecule has 0 heterocycles. The summed E-state index contributed by atoms with van der Waals surface area (Å²) < 4.78 is 0. The normalized spacial score (nSPS) is 14.5. The third-order valence-corrected chi connectivity index (χ3v) is 2.96. The minimum Gasteiger partial charge on any atom is -0.478 e. The fourth-order valence-electron chi connectivity index (χ4n) is 1.99. The van der Waals surface area contributed by atoms with Crippen LogP contribution < -0.4 is 0 Å². The van der Waals surface area contributed by atoms with E-state index < -0.39 is 5.97 Å². The zero-order chi connectivity index (χ0) is 12.6. The van der Waals surface area contributed by atoms with Crippen LogP contribution in [0.4, 0.5) is 0 Å². The molecular formula is C13H15NO3. The summed E-state index contributed by atoms with van der Waals surface area (Å²) in [7, 11) is 3.35. The Hall–Kier alpha value is -1.84. The van der Waals surface area contributed by atoms with Crippen LogP contribution in [-0.4, -0.2) is 36.0 Å². The van der Waals surface area contributed by atoms with Crippen molar-refractivity contribution in [3.05, 3.63) is 34.9 Å². The summed E-state index contributed by atoms with van der Waals surface area (Å²) >= 11 is 0. The number of carboxylic acid groups (broad SMARTS) is 1. The quantitative estimate of drug-likeness (QED) is 0.868. The number of amides is 1. The average Bonchev–Trinajstić information content (AvgIpc) is 3.10. The maximum absolute atomic E-state index is 12.0. The Balaban J connectivity index is 2.55. The summed E-state index contributed by atoms with van der Waals surface area (Å²) in [5, 5.41) is 9.16. The van der Waals surface area contributed by atoms with E-state index in [1.807, 2.05) is 0 Å². The van der Waals surface area contributed by atoms with Gasteiger partial charge in [0.15, 0.2) is 0 Å². The molecule has 1 saturated carbocycles. The van der Waals surface area contributed by atoms with Gasteiger partial charge in [-0.15, -0.1) is 0 Å². The van der Waals surface area contributed by atoms with E-state index in [1.54, 1.807) is 32.3 Å². The van der Waals surface area contributed by atoms with E-state index in [0.717, 1.165) is 12.8 Å². The van der Waals surface area contributed by atoms with E-state index in [9.17, 15) is 9.59 Å². The first kappa shape index (κ1) is 11.6. The van der Waals surface area contributed by atoms with Gasteiger partial charge in [-0.2, -0.15) is 0 Å². The molecule has 1 aromatic rings. The lowest BCUT2D eigenvalue weighted by Gasteiger charge is -2.15. The van der Waals surface area contributed by atoms with Gasteiger partial charge in [0.2, 0.25) is 0 Å². The molecule has 17 heavy (non-hydrogen) atoms. The van der Waals surface area contributed by atoms with Gasteiger partial charge in [-0.3, -0.25) is 4.79 Å². The third kappa shape index (κ3) is 2.16. The molecule has 0 unspecified atom stereocenters. The van der Waals surface area contributed by atoms with E-state index in [-0.39, 0.29) is 17.4 Å². The van der Waals surface area contributed by atoms with Gasteiger partial charge in [-0.1, -0.05) is 6.07 Å². The van der Waals surface area contributed by atoms with Crippen molar-refractivity contribution in [2.75, 3.05) is 14.1 Å². The van der Waals surface area contributed by atoms with E-state index in [4.69, 9.17) is 5.11 Å². The van der Waals surface area contributed by atoms with Crippen LogP contribution >= 0.6 is 0 Å². The van der Waals surface area contributed by atoms with Gasteiger partial charge in [-0.05, 0) is 36.5 Å². The summed E-state index contributed by atoms with van der Waals surface area (Å²) in [6.45, 7) is 0. The fourth-order valence-corrected chi connectivity index (χ4v) is 1.99. The highest BCUT2D eigenvalue weighted by molar-refractivity contribution is 6.00. The Morgan fingerprint density at radius 3 is 2.29 bits per heavy atom. The predicted molar refractivity (Wildman–Crippen MR) is 63.4 cm³/mol. The molecule has 0 bridgehead atoms. The number of aromatic carboxylic acids is 1. The molecule has 1 amide bonds. The molecule has 0 aliphatic heterocycles. The smallest absolute Gasteiger partial charge is 0.335 e. The number of rotatable bonds is 3. The minimum atomic E-state index is -0.958. The fraction of sp³-hybridized carbons (Fsp3) is 0.385. The Kier molecular flexibility index (Phi) is 2.88. The number of carboxylic acids is 1. The second kappa shape index (κ2) is 4.20. The Morgan fingerprint density at radius 2 is 1.82 bits per heavy atom. The van der Waals surface area contributed by atoms with Crippen LogP contribution in [0.15, 0.2) is 18.2 Å². The molecule has 1 aliphatic carbocycles. The van der Waals surface area contributed by atoms with Crippen molar-refractivity contribution in [2.45, 2.75) is 18.8 Å². The van der Waals surface area contributed by atoms with Crippen LogP contribution in [0.2, 0.25) is 0 Å². The average molecular weight is 233 g/mol. The van der Waals surface area contributed by atoms with Crippen molar-refractivity contribution in [3.8, 4) is 0 Å². The minimum absolute atomic E-state index is 0.130. The summed E-state index contributed by atoms with van der Waals surface area (Å²) in [6.07, 6.45) is 1.94. The highest BCUT2D eigenvalue weighted by Crippen LogP contribution is 2.43. The Labute approximate surface area is 99.9 Å². The maximum Gasteiger partial charge on any atom is 0.335 e. The molecule has 0 aromatic heterocycles. The molecule has 4 nitrogen and oxygen atoms in total. The van der Waals surface area contributed by atoms with E-state index in [2.05, 4.69) is 0 Å². The van der Waals surface area contributed by atoms with Gasteiger partial charge in [0.25, 0.3) is 5.91 Å². The lowest BCUT2D eigenvalue weighted by Crippen LogP contribution is -2.23. The zero-order valence-electron chi connectivity index (χ0n) is 9.93. The second-order valence-corrected chi connectivity index (χ2v) is 4.55. The molecule has 0 saturated heterocycles. The molecule has 1 aliphatic rings. The predicted octanol–water partition coefficient (Wildman–Crippen LogP) is 1.96. The van der Waals surface area contributed by atoms with Crippen LogP contribution in [-0.2, 0) is 0 Å². The summed E-state index contributed by atoms with van der Waals surface area (Å²) in [5.74, 6) is -0.850.